The van der Waals surface area contributed by atoms with Crippen LogP contribution in [0.2, 0.25) is 5.02 Å². The van der Waals surface area contributed by atoms with Gasteiger partial charge in [-0.2, -0.15) is 0 Å². The highest BCUT2D eigenvalue weighted by atomic mass is 35.5. The Balaban J connectivity index is 1.86. The molecule has 4 rings (SSSR count). The lowest BCUT2D eigenvalue weighted by molar-refractivity contribution is -0.274. The molecule has 0 aliphatic rings. The summed E-state index contributed by atoms with van der Waals surface area (Å²) in [6.07, 6.45) is -5.02. The molecule has 0 unspecified atom stereocenters. The number of carboxylic acid groups (broad SMARTS) is 1. The van der Waals surface area contributed by atoms with Gasteiger partial charge in [0.25, 0.3) is 0 Å². The number of nitrogens with zero attached hydrogens (tertiary/aromatic N) is 1. The number of hydrogen-bond acceptors (Lipinski definition) is 5. The summed E-state index contributed by atoms with van der Waals surface area (Å²) in [5.41, 5.74) is -0.109. The van der Waals surface area contributed by atoms with Crippen molar-refractivity contribution < 1.29 is 42.1 Å². The van der Waals surface area contributed by atoms with E-state index in [-0.39, 0.29) is 34.0 Å². The summed E-state index contributed by atoms with van der Waals surface area (Å²) < 4.78 is 55.3. The fourth-order valence-electron chi connectivity index (χ4n) is 4.06. The van der Waals surface area contributed by atoms with Crippen LogP contribution in [0.3, 0.4) is 0 Å². The molecule has 0 saturated heterocycles. The van der Waals surface area contributed by atoms with E-state index in [4.69, 9.17) is 21.1 Å². The van der Waals surface area contributed by atoms with Crippen LogP contribution in [0.4, 0.5) is 18.9 Å². The van der Waals surface area contributed by atoms with Gasteiger partial charge in [0.05, 0.1) is 22.3 Å². The minimum Gasteiger partial charge on any atom is -0.491 e. The molecule has 1 aromatic heterocycles. The molecule has 0 radical (unpaired) electrons. The summed E-state index contributed by atoms with van der Waals surface area (Å²) in [6.45, 7) is 8.82. The Morgan fingerprint density at radius 1 is 0.929 bits per heavy atom. The average Bonchev–Trinajstić information content (AvgIpc) is 3.18. The maximum absolute atomic E-state index is 13.0. The first-order valence-electron chi connectivity index (χ1n) is 12.8. The van der Waals surface area contributed by atoms with Gasteiger partial charge in [-0.25, -0.2) is 4.79 Å². The molecule has 4 aromatic rings. The van der Waals surface area contributed by atoms with Gasteiger partial charge in [-0.1, -0.05) is 32.4 Å². The average molecular weight is 605 g/mol. The number of ether oxygens (including phenoxy) is 3. The molecule has 0 aliphatic carbocycles. The maximum Gasteiger partial charge on any atom is 0.573 e. The number of alkyl halides is 3. The van der Waals surface area contributed by atoms with Crippen LogP contribution < -0.4 is 19.5 Å². The second kappa shape index (κ2) is 11.5. The Morgan fingerprint density at radius 3 is 2.10 bits per heavy atom. The van der Waals surface area contributed by atoms with E-state index in [1.807, 2.05) is 13.8 Å². The van der Waals surface area contributed by atoms with Crippen molar-refractivity contribution in [1.29, 1.82) is 0 Å². The van der Waals surface area contributed by atoms with Gasteiger partial charge in [0.2, 0.25) is 5.91 Å². The summed E-state index contributed by atoms with van der Waals surface area (Å²) in [4.78, 5) is 25.7. The number of fused-ring (bicyclic) bond motifs is 1. The maximum atomic E-state index is 13.0. The molecule has 1 heterocycles. The lowest BCUT2D eigenvalue weighted by Crippen LogP contribution is -2.28. The number of nitrogens with one attached hydrogen (secondary N) is 1. The zero-order valence-corrected chi connectivity index (χ0v) is 24.1. The number of carboxylic acids is 1. The number of rotatable bonds is 8. The minimum absolute atomic E-state index is 0.0168. The monoisotopic (exact) mass is 604 g/mol. The third kappa shape index (κ3) is 6.91. The van der Waals surface area contributed by atoms with E-state index >= 15 is 0 Å². The lowest BCUT2D eigenvalue weighted by atomic mass is 9.95. The lowest BCUT2D eigenvalue weighted by Gasteiger charge is -2.18. The normalized spacial score (nSPS) is 12.0. The number of hydrogen-bond donors (Lipinski definition) is 2. The standard InChI is InChI=1S/C30H28ClF3N2O6/c1-16(2)40-18-8-6-17(7-9-18)36-23-13-11-19(41-20-10-12-22(31)24(15-20)42-30(32,33)34)14-21(23)25(26(36)27(37)38)35-28(39)29(3,4)5/h6-16H,1-5H3,(H,35,39)(H,37,38). The van der Waals surface area contributed by atoms with Crippen LogP contribution in [-0.4, -0.2) is 34.0 Å². The topological polar surface area (TPSA) is 99.0 Å². The Kier molecular flexibility index (Phi) is 8.36. The molecular weight excluding hydrogens is 577 g/mol. The van der Waals surface area contributed by atoms with Gasteiger partial charge >= 0.3 is 12.3 Å². The first-order chi connectivity index (χ1) is 19.5. The summed E-state index contributed by atoms with van der Waals surface area (Å²) in [5, 5.41) is 13.1. The van der Waals surface area contributed by atoms with E-state index < -0.39 is 29.4 Å². The molecule has 0 atom stereocenters. The van der Waals surface area contributed by atoms with E-state index in [0.29, 0.717) is 22.3 Å². The van der Waals surface area contributed by atoms with Gasteiger partial charge in [0.1, 0.15) is 17.2 Å². The minimum atomic E-state index is -4.96. The van der Waals surface area contributed by atoms with Crippen LogP contribution in [0, 0.1) is 5.41 Å². The van der Waals surface area contributed by atoms with Crippen molar-refractivity contribution in [2.75, 3.05) is 5.32 Å². The molecular formula is C30H28ClF3N2O6. The first-order valence-corrected chi connectivity index (χ1v) is 13.1. The Morgan fingerprint density at radius 2 is 1.52 bits per heavy atom. The summed E-state index contributed by atoms with van der Waals surface area (Å²) in [6, 6.07) is 14.9. The second-order valence-corrected chi connectivity index (χ2v) is 11.1. The van der Waals surface area contributed by atoms with E-state index in [0.717, 1.165) is 6.07 Å². The molecule has 2 N–H and O–H groups in total. The van der Waals surface area contributed by atoms with E-state index in [9.17, 15) is 27.9 Å². The predicted molar refractivity (Wildman–Crippen MR) is 152 cm³/mol. The van der Waals surface area contributed by atoms with Crippen molar-refractivity contribution in [3.8, 4) is 28.7 Å². The fourth-order valence-corrected chi connectivity index (χ4v) is 4.22. The van der Waals surface area contributed by atoms with Crippen LogP contribution in [0.15, 0.2) is 60.7 Å². The van der Waals surface area contributed by atoms with Crippen LogP contribution >= 0.6 is 11.6 Å². The number of carbonyl (C=O) groups is 2. The van der Waals surface area contributed by atoms with E-state index in [1.165, 1.54) is 28.8 Å². The molecule has 1 amide bonds. The molecule has 8 nitrogen and oxygen atoms in total. The SMILES string of the molecule is CC(C)Oc1ccc(-n2c(C(=O)O)c(NC(=O)C(C)(C)C)c3cc(Oc4ccc(Cl)c(OC(F)(F)F)c4)ccc32)cc1. The highest BCUT2D eigenvalue weighted by Gasteiger charge is 2.32. The van der Waals surface area contributed by atoms with Crippen molar-refractivity contribution in [2.24, 2.45) is 5.41 Å². The smallest absolute Gasteiger partial charge is 0.491 e. The van der Waals surface area contributed by atoms with Gasteiger partial charge in [-0.3, -0.25) is 4.79 Å². The van der Waals surface area contributed by atoms with Crippen LogP contribution in [-0.2, 0) is 4.79 Å². The van der Waals surface area contributed by atoms with Gasteiger partial charge < -0.3 is 29.2 Å². The van der Waals surface area contributed by atoms with Gasteiger partial charge in [-0.15, -0.1) is 13.2 Å². The molecule has 0 saturated carbocycles. The third-order valence-electron chi connectivity index (χ3n) is 5.89. The molecule has 0 aliphatic heterocycles. The van der Waals surface area contributed by atoms with Crippen molar-refractivity contribution >= 4 is 40.1 Å². The molecule has 0 bridgehead atoms. The molecule has 42 heavy (non-hydrogen) atoms. The number of benzene rings is 3. The van der Waals surface area contributed by atoms with Crippen LogP contribution in [0.25, 0.3) is 16.6 Å². The highest BCUT2D eigenvalue weighted by Crippen LogP contribution is 2.40. The summed E-state index contributed by atoms with van der Waals surface area (Å²) in [7, 11) is 0. The molecule has 0 spiro atoms. The van der Waals surface area contributed by atoms with E-state index in [2.05, 4.69) is 10.1 Å². The van der Waals surface area contributed by atoms with Crippen LogP contribution in [0.1, 0.15) is 45.1 Å². The fraction of sp³-hybridized carbons (Fsp3) is 0.267. The second-order valence-electron chi connectivity index (χ2n) is 10.6. The number of halogens is 4. The number of aromatic carboxylic acids is 1. The molecule has 222 valence electrons. The molecule has 12 heteroatoms. The number of aromatic nitrogens is 1. The predicted octanol–water partition coefficient (Wildman–Crippen LogP) is 8.44. The number of carbonyl (C=O) groups excluding carboxylic acids is 1. The summed E-state index contributed by atoms with van der Waals surface area (Å²) in [5.74, 6) is -1.64. The van der Waals surface area contributed by atoms with Crippen molar-refractivity contribution in [3.05, 3.63) is 71.4 Å². The highest BCUT2D eigenvalue weighted by molar-refractivity contribution is 6.32. The van der Waals surface area contributed by atoms with Gasteiger partial charge in [0, 0.05) is 22.6 Å². The third-order valence-corrected chi connectivity index (χ3v) is 6.20. The molecule has 0 fully saturated rings. The van der Waals surface area contributed by atoms with Crippen LogP contribution in [0.5, 0.6) is 23.0 Å². The first kappa shape index (κ1) is 30.6. The van der Waals surface area contributed by atoms with E-state index in [1.54, 1.807) is 51.1 Å². The number of anilines is 1. The van der Waals surface area contributed by atoms with Crippen molar-refractivity contribution in [3.63, 3.8) is 0 Å². The zero-order chi connectivity index (χ0) is 31.0. The quantitative estimate of drug-likeness (QED) is 0.209. The summed E-state index contributed by atoms with van der Waals surface area (Å²) >= 11 is 5.84. The van der Waals surface area contributed by atoms with Crippen molar-refractivity contribution in [1.82, 2.24) is 4.57 Å². The van der Waals surface area contributed by atoms with Gasteiger partial charge in [-0.05, 0) is 68.4 Å². The Labute approximate surface area is 244 Å². The van der Waals surface area contributed by atoms with Gasteiger partial charge in [0.15, 0.2) is 11.4 Å². The van der Waals surface area contributed by atoms with Crippen molar-refractivity contribution in [2.45, 2.75) is 47.1 Å². The zero-order valence-electron chi connectivity index (χ0n) is 23.3. The Bertz CT molecular complexity index is 1640. The molecule has 3 aromatic carbocycles. The number of amides is 1. The largest absolute Gasteiger partial charge is 0.573 e. The Hall–Kier alpha value is -4.38.